The third kappa shape index (κ3) is 4.78. The monoisotopic (exact) mass is 536 g/mol. The second-order valence-corrected chi connectivity index (χ2v) is 11.6. The molecule has 1 aromatic carbocycles. The number of fused-ring (bicyclic) bond motifs is 1. The molecule has 36 heavy (non-hydrogen) atoms. The summed E-state index contributed by atoms with van der Waals surface area (Å²) in [6, 6.07) is 5.73. The fraction of sp³-hybridized carbons (Fsp3) is 0.560. The smallest absolute Gasteiger partial charge is 0.330 e. The number of ether oxygens (including phenoxy) is 2. The lowest BCUT2D eigenvalue weighted by Crippen LogP contribution is -2.71. The van der Waals surface area contributed by atoms with Crippen LogP contribution >= 0.6 is 23.4 Å². The van der Waals surface area contributed by atoms with E-state index in [2.05, 4.69) is 24.1 Å². The number of thioether (sulfide) groups is 1. The van der Waals surface area contributed by atoms with Gasteiger partial charge in [-0.15, -0.1) is 11.8 Å². The molecule has 2 saturated heterocycles. The summed E-state index contributed by atoms with van der Waals surface area (Å²) in [5.41, 5.74) is 0.954. The molecule has 4 rings (SSSR count). The number of amides is 2. The maximum absolute atomic E-state index is 13.3. The molecule has 0 radical (unpaired) electrons. The van der Waals surface area contributed by atoms with Crippen molar-refractivity contribution in [2.45, 2.75) is 56.8 Å². The molecule has 0 saturated carbocycles. The van der Waals surface area contributed by atoms with Gasteiger partial charge in [-0.05, 0) is 46.0 Å². The van der Waals surface area contributed by atoms with Crippen molar-refractivity contribution >= 4 is 46.8 Å². The van der Waals surface area contributed by atoms with Crippen molar-refractivity contribution in [3.05, 3.63) is 40.7 Å². The summed E-state index contributed by atoms with van der Waals surface area (Å²) in [5.74, 6) is -0.678. The molecule has 0 aromatic heterocycles. The molecule has 3 atom stereocenters. The Labute approximate surface area is 221 Å². The van der Waals surface area contributed by atoms with Crippen LogP contribution in [0.15, 0.2) is 35.7 Å². The summed E-state index contributed by atoms with van der Waals surface area (Å²) in [6.07, 6.45) is 0. The standard InChI is InChI=1S/C25H33ClN4O5S/c1-6-28(7-2)12-13-34-24(33)20-25(4,5)36-23-18(22(32)30(20)23)27-21(31)19-15(3)35-14-29(19)17-11-9-8-10-16(17)26/h8-11,18,20,23H,6-7,12-14H2,1-5H3,(H,27,31). The number of nitrogens with one attached hydrogen (secondary N) is 1. The highest BCUT2D eigenvalue weighted by atomic mass is 35.5. The molecule has 1 N–H and O–H groups in total. The molecule has 9 nitrogen and oxygen atoms in total. The first-order valence-corrected chi connectivity index (χ1v) is 13.4. The van der Waals surface area contributed by atoms with Gasteiger partial charge in [0.2, 0.25) is 5.91 Å². The fourth-order valence-electron chi connectivity index (χ4n) is 4.86. The van der Waals surface area contributed by atoms with Gasteiger partial charge in [0.05, 0.1) is 10.7 Å². The number of anilines is 1. The third-order valence-corrected chi connectivity index (χ3v) is 8.76. The van der Waals surface area contributed by atoms with Crippen molar-refractivity contribution in [3.63, 3.8) is 0 Å². The summed E-state index contributed by atoms with van der Waals surface area (Å²) in [5, 5.41) is 3.00. The number of halogens is 1. The van der Waals surface area contributed by atoms with Crippen LogP contribution in [0.3, 0.4) is 0 Å². The van der Waals surface area contributed by atoms with Crippen LogP contribution in [0.1, 0.15) is 34.6 Å². The lowest BCUT2D eigenvalue weighted by Gasteiger charge is -2.44. The molecular weight excluding hydrogens is 504 g/mol. The molecule has 3 aliphatic heterocycles. The van der Waals surface area contributed by atoms with Crippen molar-refractivity contribution < 1.29 is 23.9 Å². The summed E-state index contributed by atoms with van der Waals surface area (Å²) in [4.78, 5) is 44.9. The lowest BCUT2D eigenvalue weighted by molar-refractivity contribution is -0.164. The van der Waals surface area contributed by atoms with Gasteiger partial charge < -0.3 is 24.6 Å². The number of carbonyl (C=O) groups is 3. The molecule has 3 aliphatic rings. The van der Waals surface area contributed by atoms with E-state index in [0.29, 0.717) is 28.7 Å². The Kier molecular flexibility index (Phi) is 7.78. The Hall–Kier alpha value is -2.43. The summed E-state index contributed by atoms with van der Waals surface area (Å²) in [6.45, 7) is 12.5. The van der Waals surface area contributed by atoms with E-state index >= 15 is 0 Å². The molecule has 2 amide bonds. The van der Waals surface area contributed by atoms with E-state index in [-0.39, 0.29) is 24.6 Å². The van der Waals surface area contributed by atoms with E-state index < -0.39 is 28.7 Å². The van der Waals surface area contributed by atoms with E-state index in [1.807, 2.05) is 26.0 Å². The molecule has 0 bridgehead atoms. The van der Waals surface area contributed by atoms with Crippen LogP contribution in [0.25, 0.3) is 0 Å². The summed E-state index contributed by atoms with van der Waals surface area (Å²) >= 11 is 7.84. The van der Waals surface area contributed by atoms with Gasteiger partial charge in [0.15, 0.2) is 6.73 Å². The first-order chi connectivity index (χ1) is 17.1. The first-order valence-electron chi connectivity index (χ1n) is 12.2. The number of likely N-dealkylation sites (N-methyl/N-ethyl adjacent to an activating group) is 1. The van der Waals surface area contributed by atoms with Gasteiger partial charge in [-0.25, -0.2) is 4.79 Å². The average Bonchev–Trinajstić information content (AvgIpc) is 3.35. The van der Waals surface area contributed by atoms with Gasteiger partial charge in [0, 0.05) is 11.3 Å². The number of allylic oxidation sites excluding steroid dienone is 1. The zero-order valence-corrected chi connectivity index (χ0v) is 22.8. The number of hydrogen-bond donors (Lipinski definition) is 1. The molecule has 0 aliphatic carbocycles. The molecule has 1 aromatic rings. The van der Waals surface area contributed by atoms with Crippen molar-refractivity contribution in [1.82, 2.24) is 15.1 Å². The average molecular weight is 537 g/mol. The second-order valence-electron chi connectivity index (χ2n) is 9.46. The van der Waals surface area contributed by atoms with Crippen LogP contribution in [-0.2, 0) is 23.9 Å². The van der Waals surface area contributed by atoms with Crippen LogP contribution in [-0.4, -0.2) is 82.8 Å². The molecule has 196 valence electrons. The Balaban J connectivity index is 1.43. The number of hydrogen-bond acceptors (Lipinski definition) is 8. The van der Waals surface area contributed by atoms with Gasteiger partial charge in [0.25, 0.3) is 5.91 Å². The predicted octanol–water partition coefficient (Wildman–Crippen LogP) is 2.80. The van der Waals surface area contributed by atoms with E-state index in [1.54, 1.807) is 28.9 Å². The molecular formula is C25H33ClN4O5S. The highest BCUT2D eigenvalue weighted by molar-refractivity contribution is 8.01. The first kappa shape index (κ1) is 26.6. The van der Waals surface area contributed by atoms with E-state index in [4.69, 9.17) is 21.1 Å². The number of carbonyl (C=O) groups excluding carboxylic acids is 3. The maximum atomic E-state index is 13.3. The fourth-order valence-corrected chi connectivity index (χ4v) is 6.72. The van der Waals surface area contributed by atoms with E-state index in [1.165, 1.54) is 11.8 Å². The van der Waals surface area contributed by atoms with Crippen LogP contribution in [0.5, 0.6) is 0 Å². The quantitative estimate of drug-likeness (QED) is 0.380. The number of esters is 1. The number of benzene rings is 1. The van der Waals surface area contributed by atoms with Gasteiger partial charge in [0.1, 0.15) is 35.5 Å². The van der Waals surface area contributed by atoms with Gasteiger partial charge in [-0.1, -0.05) is 37.6 Å². The Morgan fingerprint density at radius 3 is 2.64 bits per heavy atom. The molecule has 3 heterocycles. The minimum Gasteiger partial charge on any atom is -0.475 e. The summed E-state index contributed by atoms with van der Waals surface area (Å²) in [7, 11) is 0. The second kappa shape index (κ2) is 10.5. The normalized spacial score (nSPS) is 24.5. The van der Waals surface area contributed by atoms with Crippen molar-refractivity contribution in [3.8, 4) is 0 Å². The highest BCUT2D eigenvalue weighted by Crippen LogP contribution is 2.51. The topological polar surface area (TPSA) is 91.4 Å². The number of β-lactam (4-membered cyclic amide) rings is 1. The van der Waals surface area contributed by atoms with Crippen LogP contribution < -0.4 is 10.2 Å². The van der Waals surface area contributed by atoms with Crippen LogP contribution in [0.4, 0.5) is 5.69 Å². The minimum absolute atomic E-state index is 0.148. The zero-order valence-electron chi connectivity index (χ0n) is 21.2. The summed E-state index contributed by atoms with van der Waals surface area (Å²) < 4.78 is 10.6. The van der Waals surface area contributed by atoms with Gasteiger partial charge >= 0.3 is 5.97 Å². The largest absolute Gasteiger partial charge is 0.475 e. The molecule has 2 fully saturated rings. The number of rotatable bonds is 9. The van der Waals surface area contributed by atoms with Crippen LogP contribution in [0, 0.1) is 0 Å². The van der Waals surface area contributed by atoms with Crippen molar-refractivity contribution in [2.75, 3.05) is 37.9 Å². The molecule has 11 heteroatoms. The number of para-hydroxylation sites is 1. The van der Waals surface area contributed by atoms with Crippen molar-refractivity contribution in [1.29, 1.82) is 0 Å². The highest BCUT2D eigenvalue weighted by Gasteiger charge is 2.64. The number of nitrogens with zero attached hydrogens (tertiary/aromatic N) is 3. The minimum atomic E-state index is -0.746. The van der Waals surface area contributed by atoms with Gasteiger partial charge in [-0.2, -0.15) is 0 Å². The third-order valence-electron chi connectivity index (χ3n) is 6.87. The molecule has 0 spiro atoms. The van der Waals surface area contributed by atoms with Gasteiger partial charge in [-0.3, -0.25) is 14.5 Å². The van der Waals surface area contributed by atoms with E-state index in [9.17, 15) is 14.4 Å². The maximum Gasteiger partial charge on any atom is 0.330 e. The van der Waals surface area contributed by atoms with Crippen molar-refractivity contribution in [2.24, 2.45) is 0 Å². The molecule has 3 unspecified atom stereocenters. The lowest BCUT2D eigenvalue weighted by atomic mass is 9.96. The van der Waals surface area contributed by atoms with Crippen LogP contribution in [0.2, 0.25) is 5.02 Å². The van der Waals surface area contributed by atoms with E-state index in [0.717, 1.165) is 13.1 Å². The SMILES string of the molecule is CCN(CC)CCOC(=O)C1N2C(=O)C(NC(=O)C3=C(C)OCN3c3ccccc3Cl)C2SC1(C)C. The Morgan fingerprint density at radius 1 is 1.28 bits per heavy atom. The zero-order chi connectivity index (χ0) is 26.2. The Morgan fingerprint density at radius 2 is 1.97 bits per heavy atom. The Bertz CT molecular complexity index is 1080. The predicted molar refractivity (Wildman–Crippen MR) is 139 cm³/mol.